The largest absolute Gasteiger partial charge is 0.311 e. The Balaban J connectivity index is 2.14. The summed E-state index contributed by atoms with van der Waals surface area (Å²) < 4.78 is 13.7. The zero-order chi connectivity index (χ0) is 12.1. The van der Waals surface area contributed by atoms with Crippen LogP contribution in [0, 0.1) is 5.82 Å². The van der Waals surface area contributed by atoms with Gasteiger partial charge in [-0.1, -0.05) is 38.0 Å². The SMILES string of the molecule is CCCC1(Cc2ccccc2F)CCCCN1. The quantitative estimate of drug-likeness (QED) is 0.839. The molecule has 0 saturated carbocycles. The van der Waals surface area contributed by atoms with Gasteiger partial charge in [-0.25, -0.2) is 4.39 Å². The minimum absolute atomic E-state index is 0.0599. The molecule has 0 aromatic heterocycles. The molecule has 1 aliphatic heterocycles. The lowest BCUT2D eigenvalue weighted by Crippen LogP contribution is -2.50. The van der Waals surface area contributed by atoms with Crippen LogP contribution < -0.4 is 5.32 Å². The van der Waals surface area contributed by atoms with Crippen LogP contribution in [0.1, 0.15) is 44.6 Å². The molecule has 94 valence electrons. The molecule has 17 heavy (non-hydrogen) atoms. The van der Waals surface area contributed by atoms with Crippen LogP contribution >= 0.6 is 0 Å². The van der Waals surface area contributed by atoms with Crippen molar-refractivity contribution in [2.75, 3.05) is 6.54 Å². The molecule has 1 aromatic rings. The standard InChI is InChI=1S/C15H22FN/c1-2-9-15(10-5-6-11-17-15)12-13-7-3-4-8-14(13)16/h3-4,7-8,17H,2,5-6,9-12H2,1H3. The zero-order valence-electron chi connectivity index (χ0n) is 10.6. The van der Waals surface area contributed by atoms with Crippen molar-refractivity contribution in [2.24, 2.45) is 0 Å². The van der Waals surface area contributed by atoms with Gasteiger partial charge >= 0.3 is 0 Å². The highest BCUT2D eigenvalue weighted by Crippen LogP contribution is 2.29. The number of hydrogen-bond acceptors (Lipinski definition) is 1. The minimum atomic E-state index is -0.0599. The minimum Gasteiger partial charge on any atom is -0.311 e. The van der Waals surface area contributed by atoms with Gasteiger partial charge in [0.15, 0.2) is 0 Å². The predicted molar refractivity (Wildman–Crippen MR) is 69.6 cm³/mol. The highest BCUT2D eigenvalue weighted by atomic mass is 19.1. The van der Waals surface area contributed by atoms with Crippen LogP contribution in [0.5, 0.6) is 0 Å². The molecule has 0 aliphatic carbocycles. The summed E-state index contributed by atoms with van der Waals surface area (Å²) in [6, 6.07) is 7.18. The molecule has 1 aromatic carbocycles. The second-order valence-corrected chi connectivity index (χ2v) is 5.18. The Labute approximate surface area is 103 Å². The van der Waals surface area contributed by atoms with Crippen LogP contribution in [0.2, 0.25) is 0 Å². The Morgan fingerprint density at radius 2 is 2.12 bits per heavy atom. The predicted octanol–water partition coefficient (Wildman–Crippen LogP) is 3.68. The van der Waals surface area contributed by atoms with Crippen molar-refractivity contribution >= 4 is 0 Å². The number of rotatable bonds is 4. The summed E-state index contributed by atoms with van der Waals surface area (Å²) >= 11 is 0. The number of piperidine rings is 1. The van der Waals surface area contributed by atoms with Gasteiger partial charge in [0.25, 0.3) is 0 Å². The molecule has 1 nitrogen and oxygen atoms in total. The van der Waals surface area contributed by atoms with Gasteiger partial charge in [0.1, 0.15) is 5.82 Å². The summed E-state index contributed by atoms with van der Waals surface area (Å²) in [7, 11) is 0. The molecule has 2 rings (SSSR count). The number of hydrogen-bond donors (Lipinski definition) is 1. The molecule has 2 heteroatoms. The Morgan fingerprint density at radius 1 is 1.29 bits per heavy atom. The summed E-state index contributed by atoms with van der Waals surface area (Å²) in [6.45, 7) is 3.29. The molecule has 1 unspecified atom stereocenters. The maximum Gasteiger partial charge on any atom is 0.126 e. The molecule has 1 aliphatic rings. The number of nitrogens with one attached hydrogen (secondary N) is 1. The molecular weight excluding hydrogens is 213 g/mol. The fraction of sp³-hybridized carbons (Fsp3) is 0.600. The fourth-order valence-electron chi connectivity index (χ4n) is 2.97. The van der Waals surface area contributed by atoms with E-state index in [-0.39, 0.29) is 11.4 Å². The van der Waals surface area contributed by atoms with Crippen molar-refractivity contribution < 1.29 is 4.39 Å². The lowest BCUT2D eigenvalue weighted by molar-refractivity contribution is 0.231. The van der Waals surface area contributed by atoms with Crippen molar-refractivity contribution in [3.8, 4) is 0 Å². The summed E-state index contributed by atoms with van der Waals surface area (Å²) in [6.07, 6.45) is 6.82. The fourth-order valence-corrected chi connectivity index (χ4v) is 2.97. The summed E-state index contributed by atoms with van der Waals surface area (Å²) in [5.41, 5.74) is 0.991. The Bertz CT molecular complexity index is 350. The molecule has 1 heterocycles. The monoisotopic (exact) mass is 235 g/mol. The molecule has 0 spiro atoms. The molecule has 1 fully saturated rings. The summed E-state index contributed by atoms with van der Waals surface area (Å²) in [5.74, 6) is -0.0599. The number of benzene rings is 1. The van der Waals surface area contributed by atoms with E-state index in [0.29, 0.717) is 0 Å². The first kappa shape index (κ1) is 12.6. The Hall–Kier alpha value is -0.890. The van der Waals surface area contributed by atoms with Gasteiger partial charge in [0, 0.05) is 5.54 Å². The summed E-state index contributed by atoms with van der Waals surface area (Å²) in [5, 5.41) is 3.64. The third kappa shape index (κ3) is 3.06. The second-order valence-electron chi connectivity index (χ2n) is 5.18. The van der Waals surface area contributed by atoms with Crippen molar-refractivity contribution in [3.63, 3.8) is 0 Å². The van der Waals surface area contributed by atoms with Gasteiger partial charge in [-0.2, -0.15) is 0 Å². The normalized spacial score (nSPS) is 24.8. The first-order valence-electron chi connectivity index (χ1n) is 6.74. The highest BCUT2D eigenvalue weighted by Gasteiger charge is 2.31. The lowest BCUT2D eigenvalue weighted by atomic mass is 9.80. The van der Waals surface area contributed by atoms with E-state index in [2.05, 4.69) is 12.2 Å². The van der Waals surface area contributed by atoms with Gasteiger partial charge in [-0.05, 0) is 43.9 Å². The van der Waals surface area contributed by atoms with E-state index in [1.165, 1.54) is 19.3 Å². The molecule has 1 N–H and O–H groups in total. The van der Waals surface area contributed by atoms with E-state index in [1.54, 1.807) is 12.1 Å². The van der Waals surface area contributed by atoms with Crippen molar-refractivity contribution in [1.29, 1.82) is 0 Å². The van der Waals surface area contributed by atoms with Gasteiger partial charge in [-0.3, -0.25) is 0 Å². The zero-order valence-corrected chi connectivity index (χ0v) is 10.6. The van der Waals surface area contributed by atoms with Crippen LogP contribution in [0.15, 0.2) is 24.3 Å². The lowest BCUT2D eigenvalue weighted by Gasteiger charge is -2.39. The third-order valence-electron chi connectivity index (χ3n) is 3.80. The highest BCUT2D eigenvalue weighted by molar-refractivity contribution is 5.20. The van der Waals surface area contributed by atoms with E-state index < -0.39 is 0 Å². The van der Waals surface area contributed by atoms with E-state index in [9.17, 15) is 4.39 Å². The topological polar surface area (TPSA) is 12.0 Å². The van der Waals surface area contributed by atoms with Crippen LogP contribution in [-0.4, -0.2) is 12.1 Å². The van der Waals surface area contributed by atoms with Crippen molar-refractivity contribution in [3.05, 3.63) is 35.6 Å². The van der Waals surface area contributed by atoms with Crippen LogP contribution in [-0.2, 0) is 6.42 Å². The average Bonchev–Trinajstić information content (AvgIpc) is 2.34. The smallest absolute Gasteiger partial charge is 0.126 e. The van der Waals surface area contributed by atoms with Gasteiger partial charge in [0.05, 0.1) is 0 Å². The molecular formula is C15H22FN. The van der Waals surface area contributed by atoms with Crippen molar-refractivity contribution in [1.82, 2.24) is 5.32 Å². The van der Waals surface area contributed by atoms with E-state index in [0.717, 1.165) is 31.4 Å². The molecule has 0 radical (unpaired) electrons. The van der Waals surface area contributed by atoms with Crippen LogP contribution in [0.3, 0.4) is 0 Å². The van der Waals surface area contributed by atoms with Crippen LogP contribution in [0.25, 0.3) is 0 Å². The maximum atomic E-state index is 13.7. The third-order valence-corrected chi connectivity index (χ3v) is 3.80. The van der Waals surface area contributed by atoms with Gasteiger partial charge in [0.2, 0.25) is 0 Å². The first-order valence-corrected chi connectivity index (χ1v) is 6.74. The van der Waals surface area contributed by atoms with Gasteiger partial charge in [-0.15, -0.1) is 0 Å². The molecule has 0 amide bonds. The first-order chi connectivity index (χ1) is 8.26. The van der Waals surface area contributed by atoms with Gasteiger partial charge < -0.3 is 5.32 Å². The molecule has 0 bridgehead atoms. The van der Waals surface area contributed by atoms with E-state index >= 15 is 0 Å². The van der Waals surface area contributed by atoms with Crippen LogP contribution in [0.4, 0.5) is 4.39 Å². The van der Waals surface area contributed by atoms with E-state index in [4.69, 9.17) is 0 Å². The van der Waals surface area contributed by atoms with Crippen molar-refractivity contribution in [2.45, 2.75) is 51.0 Å². The molecule has 1 atom stereocenters. The number of halogens is 1. The summed E-state index contributed by atoms with van der Waals surface area (Å²) in [4.78, 5) is 0. The maximum absolute atomic E-state index is 13.7. The Kier molecular flexibility index (Phi) is 4.16. The average molecular weight is 235 g/mol. The van der Waals surface area contributed by atoms with E-state index in [1.807, 2.05) is 12.1 Å². The molecule has 1 saturated heterocycles. The second kappa shape index (κ2) is 5.63. The Morgan fingerprint density at radius 3 is 2.76 bits per heavy atom.